The third-order valence-corrected chi connectivity index (χ3v) is 3.74. The summed E-state index contributed by atoms with van der Waals surface area (Å²) in [6, 6.07) is -1.29. The molecule has 1 amide bonds. The highest BCUT2D eigenvalue weighted by Crippen LogP contribution is 2.11. The summed E-state index contributed by atoms with van der Waals surface area (Å²) in [5.41, 5.74) is 5.99. The lowest BCUT2D eigenvalue weighted by atomic mass is 10.0. The predicted octanol–water partition coefficient (Wildman–Crippen LogP) is 0.353. The Morgan fingerprint density at radius 1 is 1.27 bits per heavy atom. The van der Waals surface area contributed by atoms with E-state index in [1.165, 1.54) is 0 Å². The van der Waals surface area contributed by atoms with Gasteiger partial charge in [-0.1, -0.05) is 34.1 Å². The molecule has 7 heteroatoms. The van der Waals surface area contributed by atoms with Crippen LogP contribution >= 0.6 is 0 Å². The first-order valence-electron chi connectivity index (χ1n) is 7.75. The molecule has 0 saturated heterocycles. The first kappa shape index (κ1) is 20.8. The van der Waals surface area contributed by atoms with Crippen molar-refractivity contribution in [3.63, 3.8) is 0 Å². The van der Waals surface area contributed by atoms with Crippen molar-refractivity contribution in [1.82, 2.24) is 5.32 Å². The van der Waals surface area contributed by atoms with Crippen LogP contribution in [0.2, 0.25) is 0 Å². The van der Waals surface area contributed by atoms with Crippen molar-refractivity contribution in [2.45, 2.75) is 58.7 Å². The van der Waals surface area contributed by atoms with Gasteiger partial charge in [0.25, 0.3) is 0 Å². The van der Waals surface area contributed by atoms with Crippen molar-refractivity contribution in [3.8, 4) is 0 Å². The number of aliphatic hydroxyl groups excluding tert-OH is 1. The van der Waals surface area contributed by atoms with Crippen LogP contribution in [0.5, 0.6) is 0 Å². The molecule has 22 heavy (non-hydrogen) atoms. The molecule has 7 nitrogen and oxygen atoms in total. The molecule has 0 spiro atoms. The fourth-order valence-electron chi connectivity index (χ4n) is 1.89. The van der Waals surface area contributed by atoms with Gasteiger partial charge in [-0.05, 0) is 11.8 Å². The SMILES string of the molecule is CC[C@H](C)C(N)COC(C(=O)N[C@@H](CCO)C(=O)O)C(C)C. The Bertz CT molecular complexity index is 349. The molecule has 0 aliphatic rings. The molecule has 0 bridgehead atoms. The highest BCUT2D eigenvalue weighted by atomic mass is 16.5. The van der Waals surface area contributed by atoms with E-state index >= 15 is 0 Å². The number of ether oxygens (including phenoxy) is 1. The number of aliphatic carboxylic acids is 1. The molecule has 4 atom stereocenters. The van der Waals surface area contributed by atoms with Crippen LogP contribution in [0.4, 0.5) is 0 Å². The van der Waals surface area contributed by atoms with Crippen LogP contribution in [0.15, 0.2) is 0 Å². The second-order valence-corrected chi connectivity index (χ2v) is 5.96. The molecule has 0 fully saturated rings. The highest BCUT2D eigenvalue weighted by Gasteiger charge is 2.28. The van der Waals surface area contributed by atoms with E-state index in [9.17, 15) is 9.59 Å². The largest absolute Gasteiger partial charge is 0.480 e. The molecule has 0 aliphatic heterocycles. The number of carboxylic acids is 1. The second-order valence-electron chi connectivity index (χ2n) is 5.96. The lowest BCUT2D eigenvalue weighted by Gasteiger charge is -2.26. The van der Waals surface area contributed by atoms with Gasteiger partial charge in [0.1, 0.15) is 12.1 Å². The van der Waals surface area contributed by atoms with Crippen molar-refractivity contribution in [2.75, 3.05) is 13.2 Å². The van der Waals surface area contributed by atoms with Crippen molar-refractivity contribution < 1.29 is 24.5 Å². The summed E-state index contributed by atoms with van der Waals surface area (Å²) in [7, 11) is 0. The molecule has 0 aliphatic carbocycles. The van der Waals surface area contributed by atoms with Gasteiger partial charge in [0.2, 0.25) is 5.91 Å². The zero-order chi connectivity index (χ0) is 17.3. The van der Waals surface area contributed by atoms with E-state index in [1.54, 1.807) is 0 Å². The van der Waals surface area contributed by atoms with E-state index in [4.69, 9.17) is 20.7 Å². The molecule has 0 aromatic rings. The summed E-state index contributed by atoms with van der Waals surface area (Å²) in [6.45, 7) is 7.61. The number of carbonyl (C=O) groups excluding carboxylic acids is 1. The highest BCUT2D eigenvalue weighted by molar-refractivity contribution is 5.86. The number of rotatable bonds is 11. The van der Waals surface area contributed by atoms with E-state index in [-0.39, 0.29) is 37.5 Å². The molecule has 0 heterocycles. The number of nitrogens with two attached hydrogens (primary N) is 1. The summed E-state index contributed by atoms with van der Waals surface area (Å²) >= 11 is 0. The third-order valence-electron chi connectivity index (χ3n) is 3.74. The number of amides is 1. The minimum Gasteiger partial charge on any atom is -0.480 e. The average molecular weight is 318 g/mol. The van der Waals surface area contributed by atoms with E-state index in [0.29, 0.717) is 0 Å². The standard InChI is InChI=1S/C15H30N2O5/c1-5-10(4)11(16)8-22-13(9(2)3)14(19)17-12(6-7-18)15(20)21/h9-13,18H,5-8,16H2,1-4H3,(H,17,19)(H,20,21)/t10-,11?,12-,13?/m0/s1. The summed E-state index contributed by atoms with van der Waals surface area (Å²) < 4.78 is 5.62. The molecule has 0 rings (SSSR count). The van der Waals surface area contributed by atoms with Crippen LogP contribution in [0.3, 0.4) is 0 Å². The number of carbonyl (C=O) groups is 2. The predicted molar refractivity (Wildman–Crippen MR) is 83.3 cm³/mol. The van der Waals surface area contributed by atoms with Crippen LogP contribution in [0.25, 0.3) is 0 Å². The van der Waals surface area contributed by atoms with Crippen LogP contribution in [0, 0.1) is 11.8 Å². The maximum atomic E-state index is 12.2. The van der Waals surface area contributed by atoms with E-state index in [0.717, 1.165) is 6.42 Å². The fraction of sp³-hybridized carbons (Fsp3) is 0.867. The van der Waals surface area contributed by atoms with Crippen molar-refractivity contribution >= 4 is 11.9 Å². The molecule has 0 saturated carbocycles. The van der Waals surface area contributed by atoms with Crippen LogP contribution in [0.1, 0.15) is 40.5 Å². The quantitative estimate of drug-likeness (QED) is 0.436. The smallest absolute Gasteiger partial charge is 0.326 e. The first-order valence-corrected chi connectivity index (χ1v) is 7.75. The van der Waals surface area contributed by atoms with Gasteiger partial charge < -0.3 is 26.0 Å². The summed E-state index contributed by atoms with van der Waals surface area (Å²) in [4.78, 5) is 23.2. The maximum absolute atomic E-state index is 12.2. The summed E-state index contributed by atoms with van der Waals surface area (Å²) in [6.07, 6.45) is 0.106. The van der Waals surface area contributed by atoms with Crippen molar-refractivity contribution in [1.29, 1.82) is 0 Å². The average Bonchev–Trinajstić information content (AvgIpc) is 2.45. The maximum Gasteiger partial charge on any atom is 0.326 e. The molecule has 130 valence electrons. The third kappa shape index (κ3) is 7.20. The molecule has 0 aromatic heterocycles. The van der Waals surface area contributed by atoms with Crippen molar-refractivity contribution in [2.24, 2.45) is 17.6 Å². The Labute approximate surface area is 132 Å². The summed E-state index contributed by atoms with van der Waals surface area (Å²) in [5, 5.41) is 20.3. The summed E-state index contributed by atoms with van der Waals surface area (Å²) in [5.74, 6) is -1.52. The van der Waals surface area contributed by atoms with Gasteiger partial charge in [-0.15, -0.1) is 0 Å². The van der Waals surface area contributed by atoms with E-state index in [1.807, 2.05) is 27.7 Å². The van der Waals surface area contributed by atoms with Crippen molar-refractivity contribution in [3.05, 3.63) is 0 Å². The molecular formula is C15H30N2O5. The van der Waals surface area contributed by atoms with Gasteiger partial charge in [0.15, 0.2) is 0 Å². The van der Waals surface area contributed by atoms with Crippen LogP contribution in [-0.4, -0.2) is 53.5 Å². The number of aliphatic hydroxyl groups is 1. The number of hydrogen-bond acceptors (Lipinski definition) is 5. The van der Waals surface area contributed by atoms with Gasteiger partial charge >= 0.3 is 5.97 Å². The number of carboxylic acid groups (broad SMARTS) is 1. The normalized spacial score (nSPS) is 16.9. The first-order chi connectivity index (χ1) is 10.2. The Balaban J connectivity index is 4.66. The minimum atomic E-state index is -1.18. The molecule has 0 radical (unpaired) electrons. The van der Waals surface area contributed by atoms with Gasteiger partial charge in [-0.3, -0.25) is 4.79 Å². The molecule has 5 N–H and O–H groups in total. The topological polar surface area (TPSA) is 122 Å². The second kappa shape index (κ2) is 10.5. The zero-order valence-electron chi connectivity index (χ0n) is 13.9. The number of nitrogens with one attached hydrogen (secondary N) is 1. The number of hydrogen-bond donors (Lipinski definition) is 4. The molecule has 0 aromatic carbocycles. The lowest BCUT2D eigenvalue weighted by molar-refractivity contribution is -0.146. The van der Waals surface area contributed by atoms with Gasteiger partial charge in [0, 0.05) is 19.1 Å². The minimum absolute atomic E-state index is 0.0434. The monoisotopic (exact) mass is 318 g/mol. The Hall–Kier alpha value is -1.18. The Kier molecular flexibility index (Phi) is 9.97. The van der Waals surface area contributed by atoms with Crippen LogP contribution < -0.4 is 11.1 Å². The molecular weight excluding hydrogens is 288 g/mol. The van der Waals surface area contributed by atoms with E-state index < -0.39 is 24.0 Å². The Morgan fingerprint density at radius 2 is 1.86 bits per heavy atom. The zero-order valence-corrected chi connectivity index (χ0v) is 13.9. The molecule has 2 unspecified atom stereocenters. The fourth-order valence-corrected chi connectivity index (χ4v) is 1.89. The van der Waals surface area contributed by atoms with Gasteiger partial charge in [-0.25, -0.2) is 4.79 Å². The van der Waals surface area contributed by atoms with E-state index in [2.05, 4.69) is 5.32 Å². The Morgan fingerprint density at radius 3 is 2.27 bits per heavy atom. The van der Waals surface area contributed by atoms with Gasteiger partial charge in [0.05, 0.1) is 6.61 Å². The van der Waals surface area contributed by atoms with Crippen LogP contribution in [-0.2, 0) is 14.3 Å². The van der Waals surface area contributed by atoms with Gasteiger partial charge in [-0.2, -0.15) is 0 Å². The lowest BCUT2D eigenvalue weighted by Crippen LogP contribution is -2.49.